The minimum atomic E-state index is 0.407. The molecule has 1 fully saturated rings. The maximum absolute atomic E-state index is 6.05. The quantitative estimate of drug-likeness (QED) is 0.771. The maximum Gasteiger partial charge on any atom is 0.158 e. The molecule has 1 saturated carbocycles. The van der Waals surface area contributed by atoms with E-state index in [2.05, 4.69) is 22.2 Å². The topological polar surface area (TPSA) is 47.0 Å². The van der Waals surface area contributed by atoms with Gasteiger partial charge in [0.1, 0.15) is 17.6 Å². The summed E-state index contributed by atoms with van der Waals surface area (Å²) in [6.07, 6.45) is 6.51. The lowest BCUT2D eigenvalue weighted by molar-refractivity contribution is 0.128. The van der Waals surface area contributed by atoms with E-state index in [-0.39, 0.29) is 0 Å². The molecule has 5 heteroatoms. The van der Waals surface area contributed by atoms with Crippen LogP contribution in [0.25, 0.3) is 0 Å². The first-order valence-corrected chi connectivity index (χ1v) is 7.90. The van der Waals surface area contributed by atoms with Crippen molar-refractivity contribution in [2.45, 2.75) is 52.6 Å². The zero-order valence-electron chi connectivity index (χ0n) is 12.4. The van der Waals surface area contributed by atoms with Gasteiger partial charge in [-0.05, 0) is 31.6 Å². The summed E-state index contributed by atoms with van der Waals surface area (Å²) in [7, 11) is 0. The van der Waals surface area contributed by atoms with E-state index in [0.29, 0.717) is 29.6 Å². The van der Waals surface area contributed by atoms with Crippen molar-refractivity contribution in [2.24, 2.45) is 5.41 Å². The molecule has 0 aromatic carbocycles. The Morgan fingerprint density at radius 3 is 2.70 bits per heavy atom. The van der Waals surface area contributed by atoms with Gasteiger partial charge in [0.25, 0.3) is 0 Å². The van der Waals surface area contributed by atoms with Gasteiger partial charge in [-0.2, -0.15) is 0 Å². The number of hydrogen-bond acceptors (Lipinski definition) is 4. The van der Waals surface area contributed by atoms with Crippen molar-refractivity contribution < 1.29 is 4.74 Å². The van der Waals surface area contributed by atoms with Gasteiger partial charge in [-0.1, -0.05) is 31.4 Å². The standard InChI is InChI=1S/C15H24ClN3O/c1-3-15(7-5-6-8-15)11-17-13-9-12(16)18-14(19-13)10-20-4-2/h9H,3-8,10-11H2,1-2H3,(H,17,18,19). The van der Waals surface area contributed by atoms with Crippen molar-refractivity contribution in [1.29, 1.82) is 0 Å². The van der Waals surface area contributed by atoms with E-state index in [1.54, 1.807) is 6.07 Å². The predicted octanol–water partition coefficient (Wildman–Crippen LogP) is 4.05. The van der Waals surface area contributed by atoms with E-state index in [1.165, 1.54) is 32.1 Å². The van der Waals surface area contributed by atoms with Gasteiger partial charge in [0.15, 0.2) is 5.82 Å². The molecule has 4 nitrogen and oxygen atoms in total. The summed E-state index contributed by atoms with van der Waals surface area (Å²) in [6, 6.07) is 1.79. The van der Waals surface area contributed by atoms with Crippen molar-refractivity contribution in [3.8, 4) is 0 Å². The number of ether oxygens (including phenoxy) is 1. The van der Waals surface area contributed by atoms with Crippen LogP contribution in [0.2, 0.25) is 5.15 Å². The van der Waals surface area contributed by atoms with E-state index in [0.717, 1.165) is 12.4 Å². The Bertz CT molecular complexity index is 433. The molecule has 1 aliphatic carbocycles. The minimum absolute atomic E-state index is 0.407. The predicted molar refractivity (Wildman–Crippen MR) is 82.1 cm³/mol. The normalized spacial score (nSPS) is 17.4. The van der Waals surface area contributed by atoms with Crippen LogP contribution in [0.1, 0.15) is 51.8 Å². The number of rotatable bonds is 7. The Balaban J connectivity index is 1.99. The first-order valence-electron chi connectivity index (χ1n) is 7.52. The second-order valence-corrected chi connectivity index (χ2v) is 5.93. The summed E-state index contributed by atoms with van der Waals surface area (Å²) in [5, 5.41) is 3.91. The molecule has 0 bridgehead atoms. The van der Waals surface area contributed by atoms with Crippen molar-refractivity contribution in [3.63, 3.8) is 0 Å². The molecule has 0 atom stereocenters. The van der Waals surface area contributed by atoms with Crippen LogP contribution in [0.15, 0.2) is 6.07 Å². The van der Waals surface area contributed by atoms with Crippen molar-refractivity contribution in [3.05, 3.63) is 17.0 Å². The molecule has 0 radical (unpaired) electrons. The molecule has 0 saturated heterocycles. The van der Waals surface area contributed by atoms with Crippen LogP contribution < -0.4 is 5.32 Å². The van der Waals surface area contributed by atoms with Gasteiger partial charge in [0.05, 0.1) is 0 Å². The fraction of sp³-hybridized carbons (Fsp3) is 0.733. The van der Waals surface area contributed by atoms with E-state index >= 15 is 0 Å². The van der Waals surface area contributed by atoms with E-state index in [4.69, 9.17) is 16.3 Å². The monoisotopic (exact) mass is 297 g/mol. The van der Waals surface area contributed by atoms with Crippen LogP contribution in [0.3, 0.4) is 0 Å². The number of nitrogens with one attached hydrogen (secondary N) is 1. The Morgan fingerprint density at radius 2 is 2.05 bits per heavy atom. The number of hydrogen-bond donors (Lipinski definition) is 1. The summed E-state index contributed by atoms with van der Waals surface area (Å²) < 4.78 is 5.34. The number of halogens is 1. The van der Waals surface area contributed by atoms with E-state index in [1.807, 2.05) is 6.92 Å². The van der Waals surface area contributed by atoms with Gasteiger partial charge in [-0.15, -0.1) is 0 Å². The largest absolute Gasteiger partial charge is 0.374 e. The molecule has 20 heavy (non-hydrogen) atoms. The van der Waals surface area contributed by atoms with Crippen molar-refractivity contribution >= 4 is 17.4 Å². The summed E-state index contributed by atoms with van der Waals surface area (Å²) in [5.74, 6) is 1.44. The van der Waals surface area contributed by atoms with Crippen LogP contribution in [0, 0.1) is 5.41 Å². The van der Waals surface area contributed by atoms with Crippen molar-refractivity contribution in [2.75, 3.05) is 18.5 Å². The minimum Gasteiger partial charge on any atom is -0.374 e. The molecule has 2 rings (SSSR count). The third-order valence-electron chi connectivity index (χ3n) is 4.24. The molecular weight excluding hydrogens is 274 g/mol. The number of aromatic nitrogens is 2. The molecule has 1 N–H and O–H groups in total. The molecule has 1 aliphatic rings. The third-order valence-corrected chi connectivity index (χ3v) is 4.43. The van der Waals surface area contributed by atoms with Crippen LogP contribution >= 0.6 is 11.6 Å². The van der Waals surface area contributed by atoms with E-state index in [9.17, 15) is 0 Å². The van der Waals surface area contributed by atoms with Gasteiger partial charge in [-0.25, -0.2) is 9.97 Å². The highest BCUT2D eigenvalue weighted by Crippen LogP contribution is 2.40. The van der Waals surface area contributed by atoms with Gasteiger partial charge < -0.3 is 10.1 Å². The molecule has 0 unspecified atom stereocenters. The summed E-state index contributed by atoms with van der Waals surface area (Å²) in [5.41, 5.74) is 0.428. The van der Waals surface area contributed by atoms with Crippen LogP contribution in [-0.2, 0) is 11.3 Å². The van der Waals surface area contributed by atoms with Gasteiger partial charge in [-0.3, -0.25) is 0 Å². The van der Waals surface area contributed by atoms with Crippen LogP contribution in [0.4, 0.5) is 5.82 Å². The smallest absolute Gasteiger partial charge is 0.158 e. The summed E-state index contributed by atoms with van der Waals surface area (Å²) in [4.78, 5) is 8.64. The highest BCUT2D eigenvalue weighted by atomic mass is 35.5. The number of anilines is 1. The average molecular weight is 298 g/mol. The van der Waals surface area contributed by atoms with Gasteiger partial charge in [0, 0.05) is 19.2 Å². The fourth-order valence-electron chi connectivity index (χ4n) is 2.87. The number of nitrogens with zero attached hydrogens (tertiary/aromatic N) is 2. The Kier molecular flexibility index (Phi) is 5.61. The fourth-order valence-corrected chi connectivity index (χ4v) is 3.07. The Labute approximate surface area is 126 Å². The lowest BCUT2D eigenvalue weighted by atomic mass is 9.83. The molecule has 1 aromatic heterocycles. The Hall–Kier alpha value is -0.870. The highest BCUT2D eigenvalue weighted by molar-refractivity contribution is 6.29. The van der Waals surface area contributed by atoms with Gasteiger partial charge >= 0.3 is 0 Å². The van der Waals surface area contributed by atoms with Crippen LogP contribution in [0.5, 0.6) is 0 Å². The van der Waals surface area contributed by atoms with Gasteiger partial charge in [0.2, 0.25) is 0 Å². The Morgan fingerprint density at radius 1 is 1.30 bits per heavy atom. The summed E-state index contributed by atoms with van der Waals surface area (Å²) >= 11 is 6.05. The SMILES string of the molecule is CCOCc1nc(Cl)cc(NCC2(CC)CCCC2)n1. The molecule has 112 valence electrons. The zero-order chi connectivity index (χ0) is 14.4. The maximum atomic E-state index is 6.05. The lowest BCUT2D eigenvalue weighted by Crippen LogP contribution is -2.26. The molecule has 0 amide bonds. The second-order valence-electron chi connectivity index (χ2n) is 5.54. The zero-order valence-corrected chi connectivity index (χ0v) is 13.2. The first kappa shape index (κ1) is 15.5. The van der Waals surface area contributed by atoms with E-state index < -0.39 is 0 Å². The molecule has 1 heterocycles. The summed E-state index contributed by atoms with van der Waals surface area (Å²) in [6.45, 7) is 6.25. The highest BCUT2D eigenvalue weighted by Gasteiger charge is 2.31. The molecule has 1 aromatic rings. The second kappa shape index (κ2) is 7.23. The third kappa shape index (κ3) is 4.06. The first-order chi connectivity index (χ1) is 9.67. The molecule has 0 spiro atoms. The molecule has 0 aliphatic heterocycles. The average Bonchev–Trinajstić information content (AvgIpc) is 2.92. The lowest BCUT2D eigenvalue weighted by Gasteiger charge is -2.28. The molecular formula is C15H24ClN3O. The van der Waals surface area contributed by atoms with Crippen molar-refractivity contribution in [1.82, 2.24) is 9.97 Å². The van der Waals surface area contributed by atoms with Crippen LogP contribution in [-0.4, -0.2) is 23.1 Å².